The molecule has 0 aromatic carbocycles. The molecule has 0 radical (unpaired) electrons. The molecule has 1 fully saturated rings. The Morgan fingerprint density at radius 3 is 3.23 bits per heavy atom. The number of nitrogens with one attached hydrogen (secondary N) is 1. The molecule has 1 amide bonds. The SMILES string of the molecule is O=C(N[C@@H]1C[C@H]1CO)c1cnsn1. The summed E-state index contributed by atoms with van der Waals surface area (Å²) < 4.78 is 7.53. The number of carbonyl (C=O) groups is 1. The molecule has 0 unspecified atom stereocenters. The second kappa shape index (κ2) is 3.39. The summed E-state index contributed by atoms with van der Waals surface area (Å²) in [6, 6.07) is 0.124. The van der Waals surface area contributed by atoms with E-state index in [2.05, 4.69) is 14.1 Å². The Bertz CT molecular complexity index is 301. The lowest BCUT2D eigenvalue weighted by Gasteiger charge is -1.99. The van der Waals surface area contributed by atoms with E-state index >= 15 is 0 Å². The molecule has 13 heavy (non-hydrogen) atoms. The van der Waals surface area contributed by atoms with E-state index in [0.29, 0.717) is 5.69 Å². The molecule has 0 spiro atoms. The van der Waals surface area contributed by atoms with Gasteiger partial charge in [0.15, 0.2) is 5.69 Å². The average molecular weight is 199 g/mol. The summed E-state index contributed by atoms with van der Waals surface area (Å²) in [5.41, 5.74) is 0.355. The zero-order chi connectivity index (χ0) is 9.26. The number of carbonyl (C=O) groups excluding carboxylic acids is 1. The summed E-state index contributed by atoms with van der Waals surface area (Å²) in [5.74, 6) is 0.0326. The molecule has 2 rings (SSSR count). The first-order valence-electron chi connectivity index (χ1n) is 4.00. The van der Waals surface area contributed by atoms with Gasteiger partial charge in [0.1, 0.15) is 0 Å². The normalized spacial score (nSPS) is 25.6. The third-order valence-corrected chi connectivity index (χ3v) is 2.55. The molecule has 0 saturated heterocycles. The molecule has 2 N–H and O–H groups in total. The number of aliphatic hydroxyl groups is 1. The molecule has 1 aromatic rings. The van der Waals surface area contributed by atoms with E-state index < -0.39 is 0 Å². The predicted octanol–water partition coefficient (Wildman–Crippen LogP) is -0.351. The minimum atomic E-state index is -0.199. The van der Waals surface area contributed by atoms with Gasteiger partial charge in [0.25, 0.3) is 5.91 Å². The third kappa shape index (κ3) is 1.84. The molecular formula is C7H9N3O2S. The fourth-order valence-electron chi connectivity index (χ4n) is 1.13. The number of hydrogen-bond acceptors (Lipinski definition) is 5. The number of hydrogen-bond donors (Lipinski definition) is 2. The Kier molecular flexibility index (Phi) is 2.24. The van der Waals surface area contributed by atoms with Gasteiger partial charge in [-0.2, -0.15) is 8.75 Å². The van der Waals surface area contributed by atoms with Crippen molar-refractivity contribution in [1.82, 2.24) is 14.1 Å². The van der Waals surface area contributed by atoms with Gasteiger partial charge in [-0.3, -0.25) is 4.79 Å². The van der Waals surface area contributed by atoms with Crippen LogP contribution >= 0.6 is 11.7 Å². The Balaban J connectivity index is 1.87. The van der Waals surface area contributed by atoms with Crippen molar-refractivity contribution in [2.75, 3.05) is 6.61 Å². The van der Waals surface area contributed by atoms with Crippen LogP contribution in [0.15, 0.2) is 6.20 Å². The van der Waals surface area contributed by atoms with Crippen molar-refractivity contribution in [2.24, 2.45) is 5.92 Å². The molecule has 0 aliphatic heterocycles. The minimum absolute atomic E-state index is 0.124. The van der Waals surface area contributed by atoms with Crippen LogP contribution in [-0.2, 0) is 0 Å². The monoisotopic (exact) mass is 199 g/mol. The van der Waals surface area contributed by atoms with E-state index in [0.717, 1.165) is 18.1 Å². The van der Waals surface area contributed by atoms with Crippen LogP contribution in [0, 0.1) is 5.92 Å². The second-order valence-electron chi connectivity index (χ2n) is 3.05. The van der Waals surface area contributed by atoms with Crippen LogP contribution in [0.25, 0.3) is 0 Å². The summed E-state index contributed by atoms with van der Waals surface area (Å²) in [6.07, 6.45) is 2.30. The molecule has 6 heteroatoms. The van der Waals surface area contributed by atoms with Crippen LogP contribution in [0.2, 0.25) is 0 Å². The van der Waals surface area contributed by atoms with Crippen LogP contribution < -0.4 is 5.32 Å². The Hall–Kier alpha value is -1.01. The third-order valence-electron chi connectivity index (χ3n) is 2.07. The van der Waals surface area contributed by atoms with Crippen molar-refractivity contribution in [3.63, 3.8) is 0 Å². The van der Waals surface area contributed by atoms with E-state index in [9.17, 15) is 4.79 Å². The zero-order valence-electron chi connectivity index (χ0n) is 6.80. The Morgan fingerprint density at radius 2 is 2.69 bits per heavy atom. The highest BCUT2D eigenvalue weighted by molar-refractivity contribution is 6.99. The van der Waals surface area contributed by atoms with Gasteiger partial charge in [-0.1, -0.05) is 0 Å². The molecule has 1 aromatic heterocycles. The smallest absolute Gasteiger partial charge is 0.272 e. The maximum absolute atomic E-state index is 11.3. The molecule has 1 aliphatic carbocycles. The van der Waals surface area contributed by atoms with Gasteiger partial charge in [-0.05, 0) is 6.42 Å². The number of aromatic nitrogens is 2. The van der Waals surface area contributed by atoms with Crippen molar-refractivity contribution in [3.8, 4) is 0 Å². The molecule has 2 atom stereocenters. The molecule has 5 nitrogen and oxygen atoms in total. The van der Waals surface area contributed by atoms with Crippen molar-refractivity contribution >= 4 is 17.6 Å². The van der Waals surface area contributed by atoms with E-state index in [4.69, 9.17) is 5.11 Å². The van der Waals surface area contributed by atoms with Gasteiger partial charge < -0.3 is 10.4 Å². The van der Waals surface area contributed by atoms with E-state index in [-0.39, 0.29) is 24.5 Å². The highest BCUT2D eigenvalue weighted by Crippen LogP contribution is 2.29. The number of nitrogens with zero attached hydrogens (tertiary/aromatic N) is 2. The summed E-state index contributed by atoms with van der Waals surface area (Å²) in [7, 11) is 0. The first-order valence-corrected chi connectivity index (χ1v) is 4.73. The maximum atomic E-state index is 11.3. The Labute approximate surface area is 79.1 Å². The summed E-state index contributed by atoms with van der Waals surface area (Å²) in [5, 5.41) is 11.5. The van der Waals surface area contributed by atoms with E-state index in [1.54, 1.807) is 0 Å². The van der Waals surface area contributed by atoms with Crippen LogP contribution in [0.3, 0.4) is 0 Å². The van der Waals surface area contributed by atoms with E-state index in [1.165, 1.54) is 6.20 Å². The van der Waals surface area contributed by atoms with Crippen molar-refractivity contribution < 1.29 is 9.90 Å². The van der Waals surface area contributed by atoms with Gasteiger partial charge in [0.2, 0.25) is 0 Å². The molecule has 70 valence electrons. The second-order valence-corrected chi connectivity index (χ2v) is 3.61. The van der Waals surface area contributed by atoms with Crippen molar-refractivity contribution in [1.29, 1.82) is 0 Å². The van der Waals surface area contributed by atoms with Gasteiger partial charge >= 0.3 is 0 Å². The zero-order valence-corrected chi connectivity index (χ0v) is 7.62. The molecule has 1 aliphatic rings. The van der Waals surface area contributed by atoms with Crippen LogP contribution in [0.4, 0.5) is 0 Å². The van der Waals surface area contributed by atoms with Crippen molar-refractivity contribution in [3.05, 3.63) is 11.9 Å². The molecule has 0 bridgehead atoms. The molecular weight excluding hydrogens is 190 g/mol. The average Bonchev–Trinajstić information content (AvgIpc) is 2.68. The van der Waals surface area contributed by atoms with Gasteiger partial charge in [-0.15, -0.1) is 0 Å². The van der Waals surface area contributed by atoms with Gasteiger partial charge in [0, 0.05) is 18.6 Å². The van der Waals surface area contributed by atoms with Gasteiger partial charge in [0.05, 0.1) is 17.9 Å². The quantitative estimate of drug-likeness (QED) is 0.697. The van der Waals surface area contributed by atoms with Crippen molar-refractivity contribution in [2.45, 2.75) is 12.5 Å². The highest BCUT2D eigenvalue weighted by Gasteiger charge is 2.37. The fourth-order valence-corrected chi connectivity index (χ4v) is 1.55. The first-order chi connectivity index (χ1) is 6.31. The summed E-state index contributed by atoms with van der Waals surface area (Å²) >= 11 is 1.01. The highest BCUT2D eigenvalue weighted by atomic mass is 32.1. The lowest BCUT2D eigenvalue weighted by Crippen LogP contribution is -2.27. The predicted molar refractivity (Wildman–Crippen MR) is 46.4 cm³/mol. The van der Waals surface area contributed by atoms with Crippen LogP contribution in [0.5, 0.6) is 0 Å². The Morgan fingerprint density at radius 1 is 1.85 bits per heavy atom. The topological polar surface area (TPSA) is 75.1 Å². The van der Waals surface area contributed by atoms with Crippen LogP contribution in [-0.4, -0.2) is 32.4 Å². The molecule has 1 heterocycles. The standard InChI is InChI=1S/C7H9N3O2S/c11-3-4-1-5(4)9-7(12)6-2-8-13-10-6/h2,4-5,11H,1,3H2,(H,9,12)/t4-,5+/m0/s1. The minimum Gasteiger partial charge on any atom is -0.396 e. The number of rotatable bonds is 3. The van der Waals surface area contributed by atoms with E-state index in [1.807, 2.05) is 0 Å². The lowest BCUT2D eigenvalue weighted by molar-refractivity contribution is 0.0943. The number of amides is 1. The fraction of sp³-hybridized carbons (Fsp3) is 0.571. The van der Waals surface area contributed by atoms with Crippen LogP contribution in [0.1, 0.15) is 16.9 Å². The summed E-state index contributed by atoms with van der Waals surface area (Å²) in [4.78, 5) is 11.3. The molecule has 1 saturated carbocycles. The lowest BCUT2D eigenvalue weighted by atomic mass is 10.4. The summed E-state index contributed by atoms with van der Waals surface area (Å²) in [6.45, 7) is 0.139. The number of aliphatic hydroxyl groups excluding tert-OH is 1. The largest absolute Gasteiger partial charge is 0.396 e. The maximum Gasteiger partial charge on any atom is 0.272 e. The first kappa shape index (κ1) is 8.58. The van der Waals surface area contributed by atoms with Gasteiger partial charge in [-0.25, -0.2) is 0 Å².